The average molecular weight is 367 g/mol. The predicted molar refractivity (Wildman–Crippen MR) is 106 cm³/mol. The molecule has 0 amide bonds. The van der Waals surface area contributed by atoms with Gasteiger partial charge in [-0.15, -0.1) is 0 Å². The van der Waals surface area contributed by atoms with Gasteiger partial charge in [0.25, 0.3) is 0 Å². The zero-order valence-corrected chi connectivity index (χ0v) is 16.4. The third-order valence-electron chi connectivity index (χ3n) is 5.33. The molecule has 0 heterocycles. The Hall–Kier alpha value is -1.13. The third kappa shape index (κ3) is 9.54. The van der Waals surface area contributed by atoms with E-state index >= 15 is 0 Å². The Balaban J connectivity index is 2.31. The molecule has 1 aliphatic carbocycles. The van der Waals surface area contributed by atoms with Gasteiger partial charge in [-0.1, -0.05) is 63.3 Å². The summed E-state index contributed by atoms with van der Waals surface area (Å²) in [5, 5.41) is 29.1. The van der Waals surface area contributed by atoms with Crippen molar-refractivity contribution in [2.24, 2.45) is 11.8 Å². The average Bonchev–Trinajstić information content (AvgIpc) is 2.86. The number of aliphatic hydroxyl groups is 2. The topological polar surface area (TPSA) is 77.8 Å². The summed E-state index contributed by atoms with van der Waals surface area (Å²) in [6.07, 6.45) is 18.9. The Morgan fingerprint density at radius 3 is 2.35 bits per heavy atom. The van der Waals surface area contributed by atoms with E-state index in [1.165, 1.54) is 38.5 Å². The van der Waals surface area contributed by atoms with Gasteiger partial charge in [0, 0.05) is 18.8 Å². The van der Waals surface area contributed by atoms with Crippen molar-refractivity contribution < 1.29 is 20.1 Å². The van der Waals surface area contributed by atoms with Crippen LogP contribution in [0.2, 0.25) is 0 Å². The van der Waals surface area contributed by atoms with Gasteiger partial charge in [0.2, 0.25) is 0 Å². The van der Waals surface area contributed by atoms with Crippen molar-refractivity contribution >= 4 is 5.97 Å². The molecule has 4 heteroatoms. The number of hydrogen-bond acceptors (Lipinski definition) is 3. The third-order valence-corrected chi connectivity index (χ3v) is 5.33. The smallest absolute Gasteiger partial charge is 0.303 e. The largest absolute Gasteiger partial charge is 0.481 e. The first kappa shape index (κ1) is 22.9. The zero-order valence-electron chi connectivity index (χ0n) is 16.4. The van der Waals surface area contributed by atoms with Crippen LogP contribution in [0.15, 0.2) is 24.3 Å². The maximum absolute atomic E-state index is 10.5. The maximum Gasteiger partial charge on any atom is 0.303 e. The molecule has 0 aromatic rings. The van der Waals surface area contributed by atoms with Crippen molar-refractivity contribution in [1.82, 2.24) is 0 Å². The lowest BCUT2D eigenvalue weighted by molar-refractivity contribution is -0.137. The van der Waals surface area contributed by atoms with Gasteiger partial charge in [-0.05, 0) is 38.0 Å². The minimum absolute atomic E-state index is 0.0220. The SMILES string of the molecule is CCCCCCCCC=C[C@@H]1[C@@H](CC=CCCCC(=O)O)[C@@H](O)C[C@H]1O. The van der Waals surface area contributed by atoms with Crippen LogP contribution >= 0.6 is 0 Å². The van der Waals surface area contributed by atoms with E-state index in [4.69, 9.17) is 5.11 Å². The Kier molecular flexibility index (Phi) is 12.3. The molecule has 0 unspecified atom stereocenters. The molecule has 0 aromatic heterocycles. The predicted octanol–water partition coefficient (Wildman–Crippen LogP) is 4.85. The number of aliphatic carboxylic acids is 1. The number of carboxylic acids is 1. The van der Waals surface area contributed by atoms with Gasteiger partial charge >= 0.3 is 5.97 Å². The van der Waals surface area contributed by atoms with Gasteiger partial charge in [0.15, 0.2) is 0 Å². The lowest BCUT2D eigenvalue weighted by Gasteiger charge is -2.19. The van der Waals surface area contributed by atoms with E-state index in [0.29, 0.717) is 12.8 Å². The molecule has 0 aliphatic heterocycles. The van der Waals surface area contributed by atoms with E-state index in [0.717, 1.165) is 19.3 Å². The summed E-state index contributed by atoms with van der Waals surface area (Å²) in [6, 6.07) is 0. The quantitative estimate of drug-likeness (QED) is 0.303. The van der Waals surface area contributed by atoms with Crippen LogP contribution < -0.4 is 0 Å². The summed E-state index contributed by atoms with van der Waals surface area (Å²) in [5.74, 6) is -0.682. The minimum atomic E-state index is -0.761. The zero-order chi connectivity index (χ0) is 19.2. The van der Waals surface area contributed by atoms with E-state index in [2.05, 4.69) is 19.1 Å². The van der Waals surface area contributed by atoms with Gasteiger partial charge in [-0.2, -0.15) is 0 Å². The first-order valence-corrected chi connectivity index (χ1v) is 10.5. The van der Waals surface area contributed by atoms with Crippen LogP contribution in [0.25, 0.3) is 0 Å². The van der Waals surface area contributed by atoms with Crippen LogP contribution in [0.4, 0.5) is 0 Å². The maximum atomic E-state index is 10.5. The highest BCUT2D eigenvalue weighted by molar-refractivity contribution is 5.66. The van der Waals surface area contributed by atoms with E-state index in [1.807, 2.05) is 12.2 Å². The van der Waals surface area contributed by atoms with Crippen molar-refractivity contribution in [2.45, 2.75) is 96.2 Å². The van der Waals surface area contributed by atoms with E-state index in [1.54, 1.807) is 0 Å². The van der Waals surface area contributed by atoms with Crippen LogP contribution in [0.3, 0.4) is 0 Å². The van der Waals surface area contributed by atoms with E-state index in [9.17, 15) is 15.0 Å². The molecule has 150 valence electrons. The molecule has 1 fully saturated rings. The van der Waals surface area contributed by atoms with Crippen LogP contribution in [-0.2, 0) is 4.79 Å². The highest BCUT2D eigenvalue weighted by atomic mass is 16.4. The molecule has 1 rings (SSSR count). The summed E-state index contributed by atoms with van der Waals surface area (Å²) >= 11 is 0. The van der Waals surface area contributed by atoms with Crippen LogP contribution in [0.1, 0.15) is 84.0 Å². The number of allylic oxidation sites excluding steroid dienone is 3. The first-order valence-electron chi connectivity index (χ1n) is 10.5. The summed E-state index contributed by atoms with van der Waals surface area (Å²) in [6.45, 7) is 2.23. The molecule has 1 aliphatic rings. The lowest BCUT2D eigenvalue weighted by atomic mass is 9.89. The molecule has 0 aromatic carbocycles. The Morgan fingerprint density at radius 1 is 0.923 bits per heavy atom. The summed E-state index contributed by atoms with van der Waals surface area (Å²) in [5.41, 5.74) is 0. The van der Waals surface area contributed by atoms with Crippen molar-refractivity contribution in [1.29, 1.82) is 0 Å². The highest BCUT2D eigenvalue weighted by Crippen LogP contribution is 2.36. The Labute approximate surface area is 159 Å². The number of hydrogen-bond donors (Lipinski definition) is 3. The highest BCUT2D eigenvalue weighted by Gasteiger charge is 2.39. The standard InChI is InChI=1S/C22H38O4/c1-2-3-4-5-6-7-8-11-14-18-19(21(24)17-20(18)23)15-12-9-10-13-16-22(25)26/h9,11-12,14,18-21,23-24H,2-8,10,13,15-17H2,1H3,(H,25,26)/t18-,19-,20-,21+/m1/s1. The number of carboxylic acid groups (broad SMARTS) is 1. The number of carbonyl (C=O) groups is 1. The van der Waals surface area contributed by atoms with E-state index < -0.39 is 18.2 Å². The monoisotopic (exact) mass is 366 g/mol. The number of unbranched alkanes of at least 4 members (excludes halogenated alkanes) is 7. The van der Waals surface area contributed by atoms with Gasteiger partial charge in [0.05, 0.1) is 12.2 Å². The summed E-state index contributed by atoms with van der Waals surface area (Å²) in [7, 11) is 0. The molecule has 1 saturated carbocycles. The number of rotatable bonds is 14. The van der Waals surface area contributed by atoms with Crippen LogP contribution in [0, 0.1) is 11.8 Å². The van der Waals surface area contributed by atoms with E-state index in [-0.39, 0.29) is 18.3 Å². The van der Waals surface area contributed by atoms with Crippen molar-refractivity contribution in [2.75, 3.05) is 0 Å². The van der Waals surface area contributed by atoms with Crippen LogP contribution in [0.5, 0.6) is 0 Å². The lowest BCUT2D eigenvalue weighted by Crippen LogP contribution is -2.19. The molecule has 4 atom stereocenters. The molecule has 0 bridgehead atoms. The van der Waals surface area contributed by atoms with Gasteiger partial charge in [0.1, 0.15) is 0 Å². The van der Waals surface area contributed by atoms with Gasteiger partial charge < -0.3 is 15.3 Å². The van der Waals surface area contributed by atoms with Gasteiger partial charge in [-0.3, -0.25) is 4.79 Å². The van der Waals surface area contributed by atoms with Crippen molar-refractivity contribution in [3.63, 3.8) is 0 Å². The molecule has 0 radical (unpaired) electrons. The second kappa shape index (κ2) is 14.0. The molecule has 4 nitrogen and oxygen atoms in total. The van der Waals surface area contributed by atoms with Crippen molar-refractivity contribution in [3.05, 3.63) is 24.3 Å². The first-order chi connectivity index (χ1) is 12.6. The molecular weight excluding hydrogens is 328 g/mol. The van der Waals surface area contributed by atoms with Crippen LogP contribution in [-0.4, -0.2) is 33.5 Å². The number of aliphatic hydroxyl groups excluding tert-OH is 2. The fourth-order valence-corrected chi connectivity index (χ4v) is 3.74. The second-order valence-corrected chi connectivity index (χ2v) is 7.59. The second-order valence-electron chi connectivity index (χ2n) is 7.59. The molecule has 0 saturated heterocycles. The normalized spacial score (nSPS) is 26.3. The Bertz CT molecular complexity index is 430. The molecule has 3 N–H and O–H groups in total. The fourth-order valence-electron chi connectivity index (χ4n) is 3.74. The molecular formula is C22H38O4. The fraction of sp³-hybridized carbons (Fsp3) is 0.773. The minimum Gasteiger partial charge on any atom is -0.481 e. The van der Waals surface area contributed by atoms with Gasteiger partial charge in [-0.25, -0.2) is 0 Å². The molecule has 0 spiro atoms. The van der Waals surface area contributed by atoms with Crippen molar-refractivity contribution in [3.8, 4) is 0 Å². The summed E-state index contributed by atoms with van der Waals surface area (Å²) in [4.78, 5) is 10.5. The Morgan fingerprint density at radius 2 is 1.62 bits per heavy atom. The summed E-state index contributed by atoms with van der Waals surface area (Å²) < 4.78 is 0. The molecule has 26 heavy (non-hydrogen) atoms.